The number of carbonyl (C=O) groups excluding carboxylic acids is 1. The van der Waals surface area contributed by atoms with Gasteiger partial charge in [-0.15, -0.1) is 0 Å². The first-order valence-electron chi connectivity index (χ1n) is 7.71. The molecule has 116 valence electrons. The maximum Gasteiger partial charge on any atom is 0.226 e. The van der Waals surface area contributed by atoms with Gasteiger partial charge in [-0.05, 0) is 55.7 Å². The smallest absolute Gasteiger partial charge is 0.226 e. The van der Waals surface area contributed by atoms with Gasteiger partial charge in [0.05, 0.1) is 0 Å². The maximum atomic E-state index is 11.8. The third kappa shape index (κ3) is 7.23. The Labute approximate surface area is 133 Å². The summed E-state index contributed by atoms with van der Waals surface area (Å²) in [5.74, 6) is -0.00664. The summed E-state index contributed by atoms with van der Waals surface area (Å²) in [4.78, 5) is 11.8. The molecule has 3 nitrogen and oxygen atoms in total. The Balaban J connectivity index is 2.29. The van der Waals surface area contributed by atoms with E-state index in [1.54, 1.807) is 0 Å². The highest BCUT2D eigenvalue weighted by Gasteiger charge is 2.05. The number of amides is 1. The van der Waals surface area contributed by atoms with Crippen molar-refractivity contribution >= 4 is 28.9 Å². The highest BCUT2D eigenvalue weighted by Crippen LogP contribution is 2.14. The lowest BCUT2D eigenvalue weighted by Gasteiger charge is -2.11. The Kier molecular flexibility index (Phi) is 7.98. The van der Waals surface area contributed by atoms with Crippen molar-refractivity contribution < 1.29 is 4.79 Å². The molecule has 21 heavy (non-hydrogen) atoms. The van der Waals surface area contributed by atoms with Crippen molar-refractivity contribution in [1.29, 1.82) is 0 Å². The predicted octanol–water partition coefficient (Wildman–Crippen LogP) is 4.48. The number of hydrogen-bond donors (Lipinski definition) is 2. The van der Waals surface area contributed by atoms with E-state index in [1.807, 2.05) is 18.2 Å². The molecule has 0 aliphatic carbocycles. The largest absolute Gasteiger partial charge is 0.332 e. The second-order valence-corrected chi connectivity index (χ2v) is 5.87. The minimum Gasteiger partial charge on any atom is -0.332 e. The average Bonchev–Trinajstić information content (AvgIpc) is 2.42. The van der Waals surface area contributed by atoms with Crippen LogP contribution in [0.25, 0.3) is 0 Å². The molecular formula is C17H26N2OS. The van der Waals surface area contributed by atoms with Crippen LogP contribution in [-0.2, 0) is 4.79 Å². The van der Waals surface area contributed by atoms with Crippen molar-refractivity contribution in [3.05, 3.63) is 29.3 Å². The molecule has 2 N–H and O–H groups in total. The summed E-state index contributed by atoms with van der Waals surface area (Å²) in [6.07, 6.45) is 6.24. The van der Waals surface area contributed by atoms with E-state index in [2.05, 4.69) is 31.4 Å². The molecule has 0 aromatic heterocycles. The standard InChI is InChI=1S/C17H26N2OS/c1-4-5-6-7-8-9-16(20)19-17(21)18-15-11-10-13(2)14(3)12-15/h10-12H,4-9H2,1-3H3,(H2,18,19,20,21). The van der Waals surface area contributed by atoms with E-state index in [0.29, 0.717) is 11.5 Å². The van der Waals surface area contributed by atoms with Crippen LogP contribution in [-0.4, -0.2) is 11.0 Å². The fourth-order valence-electron chi connectivity index (χ4n) is 2.06. The molecule has 1 aromatic carbocycles. The zero-order chi connectivity index (χ0) is 15.7. The number of hydrogen-bond acceptors (Lipinski definition) is 2. The Morgan fingerprint density at radius 1 is 1.10 bits per heavy atom. The van der Waals surface area contributed by atoms with Gasteiger partial charge in [0, 0.05) is 12.1 Å². The fraction of sp³-hybridized carbons (Fsp3) is 0.529. The maximum absolute atomic E-state index is 11.8. The van der Waals surface area contributed by atoms with Crippen LogP contribution in [0.2, 0.25) is 0 Å². The van der Waals surface area contributed by atoms with Crippen LogP contribution in [0.5, 0.6) is 0 Å². The number of aryl methyl sites for hydroxylation is 2. The third-order valence-corrected chi connectivity index (χ3v) is 3.73. The van der Waals surface area contributed by atoms with Crippen LogP contribution in [0, 0.1) is 13.8 Å². The molecular weight excluding hydrogens is 280 g/mol. The van der Waals surface area contributed by atoms with Crippen LogP contribution in [0.4, 0.5) is 5.69 Å². The summed E-state index contributed by atoms with van der Waals surface area (Å²) in [5, 5.41) is 6.16. The summed E-state index contributed by atoms with van der Waals surface area (Å²) in [7, 11) is 0. The normalized spacial score (nSPS) is 10.2. The van der Waals surface area contributed by atoms with Crippen LogP contribution < -0.4 is 10.6 Å². The van der Waals surface area contributed by atoms with Gasteiger partial charge >= 0.3 is 0 Å². The SMILES string of the molecule is CCCCCCCC(=O)NC(=S)Nc1ccc(C)c(C)c1. The van der Waals surface area contributed by atoms with Gasteiger partial charge < -0.3 is 10.6 Å². The van der Waals surface area contributed by atoms with E-state index < -0.39 is 0 Å². The zero-order valence-corrected chi connectivity index (χ0v) is 14.1. The van der Waals surface area contributed by atoms with Gasteiger partial charge in [-0.1, -0.05) is 38.7 Å². The van der Waals surface area contributed by atoms with Gasteiger partial charge in [0.2, 0.25) is 5.91 Å². The molecule has 0 aliphatic rings. The van der Waals surface area contributed by atoms with Crippen molar-refractivity contribution in [3.8, 4) is 0 Å². The van der Waals surface area contributed by atoms with Crippen molar-refractivity contribution in [2.75, 3.05) is 5.32 Å². The molecule has 0 atom stereocenters. The molecule has 0 bridgehead atoms. The first kappa shape index (κ1) is 17.6. The second-order valence-electron chi connectivity index (χ2n) is 5.47. The lowest BCUT2D eigenvalue weighted by atomic mass is 10.1. The van der Waals surface area contributed by atoms with Gasteiger partial charge in [-0.25, -0.2) is 0 Å². The van der Waals surface area contributed by atoms with E-state index in [1.165, 1.54) is 30.4 Å². The van der Waals surface area contributed by atoms with Crippen LogP contribution in [0.3, 0.4) is 0 Å². The van der Waals surface area contributed by atoms with Crippen molar-refractivity contribution in [1.82, 2.24) is 5.32 Å². The topological polar surface area (TPSA) is 41.1 Å². The summed E-state index contributed by atoms with van der Waals surface area (Å²) >= 11 is 5.17. The monoisotopic (exact) mass is 306 g/mol. The number of nitrogens with one attached hydrogen (secondary N) is 2. The van der Waals surface area contributed by atoms with E-state index in [-0.39, 0.29) is 5.91 Å². The lowest BCUT2D eigenvalue weighted by molar-refractivity contribution is -0.119. The van der Waals surface area contributed by atoms with Crippen molar-refractivity contribution in [3.63, 3.8) is 0 Å². The molecule has 1 rings (SSSR count). The van der Waals surface area contributed by atoms with Crippen molar-refractivity contribution in [2.24, 2.45) is 0 Å². The highest BCUT2D eigenvalue weighted by atomic mass is 32.1. The number of carbonyl (C=O) groups is 1. The molecule has 4 heteroatoms. The number of anilines is 1. The molecule has 0 saturated heterocycles. The number of thiocarbonyl (C=S) groups is 1. The van der Waals surface area contributed by atoms with Gasteiger partial charge in [-0.3, -0.25) is 4.79 Å². The summed E-state index contributed by atoms with van der Waals surface area (Å²) in [5.41, 5.74) is 3.35. The molecule has 0 aliphatic heterocycles. The molecule has 0 radical (unpaired) electrons. The van der Waals surface area contributed by atoms with Crippen LogP contribution in [0.15, 0.2) is 18.2 Å². The number of benzene rings is 1. The van der Waals surface area contributed by atoms with E-state index in [0.717, 1.165) is 18.5 Å². The molecule has 0 heterocycles. The Hall–Kier alpha value is -1.42. The van der Waals surface area contributed by atoms with E-state index >= 15 is 0 Å². The summed E-state index contributed by atoms with van der Waals surface area (Å²) < 4.78 is 0. The molecule has 0 spiro atoms. The Morgan fingerprint density at radius 2 is 1.81 bits per heavy atom. The first-order valence-corrected chi connectivity index (χ1v) is 8.12. The van der Waals surface area contributed by atoms with Gasteiger partial charge in [-0.2, -0.15) is 0 Å². The predicted molar refractivity (Wildman–Crippen MR) is 93.7 cm³/mol. The minimum atomic E-state index is -0.00664. The summed E-state index contributed by atoms with van der Waals surface area (Å²) in [6, 6.07) is 6.03. The Bertz CT molecular complexity index is 486. The highest BCUT2D eigenvalue weighted by molar-refractivity contribution is 7.80. The summed E-state index contributed by atoms with van der Waals surface area (Å²) in [6.45, 7) is 6.31. The average molecular weight is 306 g/mol. The molecule has 1 amide bonds. The number of rotatable bonds is 7. The molecule has 0 fully saturated rings. The van der Waals surface area contributed by atoms with E-state index in [9.17, 15) is 4.79 Å². The van der Waals surface area contributed by atoms with Gasteiger partial charge in [0.1, 0.15) is 0 Å². The molecule has 1 aromatic rings. The zero-order valence-electron chi connectivity index (χ0n) is 13.3. The molecule has 0 unspecified atom stereocenters. The van der Waals surface area contributed by atoms with Crippen molar-refractivity contribution in [2.45, 2.75) is 59.3 Å². The second kappa shape index (κ2) is 9.50. The quantitative estimate of drug-likeness (QED) is 0.576. The molecule has 0 saturated carbocycles. The van der Waals surface area contributed by atoms with Crippen LogP contribution in [0.1, 0.15) is 56.6 Å². The van der Waals surface area contributed by atoms with Gasteiger partial charge in [0.25, 0.3) is 0 Å². The third-order valence-electron chi connectivity index (χ3n) is 3.53. The van der Waals surface area contributed by atoms with E-state index in [4.69, 9.17) is 12.2 Å². The lowest BCUT2D eigenvalue weighted by Crippen LogP contribution is -2.33. The minimum absolute atomic E-state index is 0.00664. The van der Waals surface area contributed by atoms with Crippen LogP contribution >= 0.6 is 12.2 Å². The first-order chi connectivity index (χ1) is 10.0. The van der Waals surface area contributed by atoms with Gasteiger partial charge in [0.15, 0.2) is 5.11 Å². The number of unbranched alkanes of at least 4 members (excludes halogenated alkanes) is 4. The fourth-order valence-corrected chi connectivity index (χ4v) is 2.29. The Morgan fingerprint density at radius 3 is 2.48 bits per heavy atom.